The lowest BCUT2D eigenvalue weighted by atomic mass is 9.83. The van der Waals surface area contributed by atoms with Crippen molar-refractivity contribution in [3.05, 3.63) is 34.9 Å². The standard InChI is InChI=1S/C45H86O8/c1-36(2)18-12-24-40(5,48)25-13-26-41(6,49)27-14-28-42(7,50)29-15-30-43(8,51)31-16-32-44(9,52)33-17-34-45(10,53)39(47)22-21-37(3)19-11-20-38(4)23-35-46/h18-19,23,39,46-53H,11-17,20-22,24-35H2,1-10H3/b37-19+,38-23+. The second-order valence-corrected chi connectivity index (χ2v) is 18.8. The Kier molecular flexibility index (Phi) is 24.0. The lowest BCUT2D eigenvalue weighted by Gasteiger charge is -2.32. The Bertz CT molecular complexity index is 1080. The zero-order valence-corrected chi connectivity index (χ0v) is 35.9. The zero-order chi connectivity index (χ0) is 41.0. The highest BCUT2D eigenvalue weighted by molar-refractivity contribution is 5.04. The summed E-state index contributed by atoms with van der Waals surface area (Å²) in [5, 5.41) is 85.3. The number of rotatable bonds is 31. The van der Waals surface area contributed by atoms with Gasteiger partial charge in [-0.25, -0.2) is 0 Å². The van der Waals surface area contributed by atoms with E-state index in [0.717, 1.165) is 31.3 Å². The number of allylic oxidation sites excluding steroid dienone is 5. The van der Waals surface area contributed by atoms with Crippen molar-refractivity contribution in [1.82, 2.24) is 0 Å². The molecular weight excluding hydrogens is 668 g/mol. The average Bonchev–Trinajstić information content (AvgIpc) is 2.98. The summed E-state index contributed by atoms with van der Waals surface area (Å²) < 4.78 is 0. The fourth-order valence-corrected chi connectivity index (χ4v) is 7.27. The van der Waals surface area contributed by atoms with Crippen molar-refractivity contribution in [2.24, 2.45) is 0 Å². The van der Waals surface area contributed by atoms with E-state index in [1.807, 2.05) is 47.6 Å². The van der Waals surface area contributed by atoms with E-state index in [-0.39, 0.29) is 6.61 Å². The maximum atomic E-state index is 11.0. The predicted molar refractivity (Wildman–Crippen MR) is 221 cm³/mol. The van der Waals surface area contributed by atoms with Crippen molar-refractivity contribution in [3.8, 4) is 0 Å². The quantitative estimate of drug-likeness (QED) is 0.0326. The van der Waals surface area contributed by atoms with Gasteiger partial charge in [-0.05, 0) is 204 Å². The normalized spacial score (nSPS) is 20.3. The van der Waals surface area contributed by atoms with Gasteiger partial charge in [0.25, 0.3) is 0 Å². The molecule has 7 unspecified atom stereocenters. The molecule has 8 nitrogen and oxygen atoms in total. The van der Waals surface area contributed by atoms with E-state index in [2.05, 4.69) is 26.0 Å². The molecule has 0 aromatic rings. The van der Waals surface area contributed by atoms with Crippen molar-refractivity contribution in [3.63, 3.8) is 0 Å². The second kappa shape index (κ2) is 24.5. The van der Waals surface area contributed by atoms with Gasteiger partial charge in [-0.2, -0.15) is 0 Å². The minimum Gasteiger partial charge on any atom is -0.392 e. The van der Waals surface area contributed by atoms with Crippen LogP contribution in [0, 0.1) is 0 Å². The molecule has 0 saturated heterocycles. The first kappa shape index (κ1) is 51.9. The Morgan fingerprint density at radius 1 is 0.453 bits per heavy atom. The number of aliphatic hydroxyl groups is 8. The summed E-state index contributed by atoms with van der Waals surface area (Å²) in [4.78, 5) is 0. The van der Waals surface area contributed by atoms with Gasteiger partial charge < -0.3 is 40.9 Å². The molecule has 7 atom stereocenters. The molecule has 0 saturated carbocycles. The van der Waals surface area contributed by atoms with Crippen LogP contribution < -0.4 is 0 Å². The number of aliphatic hydroxyl groups excluding tert-OH is 2. The summed E-state index contributed by atoms with van der Waals surface area (Å²) in [6.07, 6.45) is 18.5. The van der Waals surface area contributed by atoms with E-state index in [1.54, 1.807) is 13.8 Å². The van der Waals surface area contributed by atoms with Crippen LogP contribution in [0.3, 0.4) is 0 Å². The first-order valence-electron chi connectivity index (χ1n) is 20.8. The van der Waals surface area contributed by atoms with Gasteiger partial charge in [-0.15, -0.1) is 0 Å². The second-order valence-electron chi connectivity index (χ2n) is 18.8. The van der Waals surface area contributed by atoms with Crippen LogP contribution in [0.15, 0.2) is 34.9 Å². The van der Waals surface area contributed by atoms with Crippen LogP contribution in [0.25, 0.3) is 0 Å². The monoisotopic (exact) mass is 755 g/mol. The molecule has 8 N–H and O–H groups in total. The lowest BCUT2D eigenvalue weighted by Crippen LogP contribution is -2.39. The van der Waals surface area contributed by atoms with Gasteiger partial charge in [0.1, 0.15) is 0 Å². The maximum Gasteiger partial charge on any atom is 0.0877 e. The number of hydrogen-bond acceptors (Lipinski definition) is 8. The van der Waals surface area contributed by atoms with E-state index < -0.39 is 39.7 Å². The van der Waals surface area contributed by atoms with E-state index >= 15 is 0 Å². The van der Waals surface area contributed by atoms with Crippen molar-refractivity contribution in [1.29, 1.82) is 0 Å². The van der Waals surface area contributed by atoms with Crippen LogP contribution in [-0.2, 0) is 0 Å². The summed E-state index contributed by atoms with van der Waals surface area (Å²) in [6, 6.07) is 0. The minimum atomic E-state index is -1.24. The van der Waals surface area contributed by atoms with Gasteiger partial charge in [0, 0.05) is 0 Å². The Morgan fingerprint density at radius 3 is 1.15 bits per heavy atom. The van der Waals surface area contributed by atoms with Crippen LogP contribution in [0.4, 0.5) is 0 Å². The molecule has 0 aromatic heterocycles. The third-order valence-electron chi connectivity index (χ3n) is 11.4. The highest BCUT2D eigenvalue weighted by Gasteiger charge is 2.32. The minimum absolute atomic E-state index is 0.0565. The van der Waals surface area contributed by atoms with Crippen molar-refractivity contribution >= 4 is 0 Å². The largest absolute Gasteiger partial charge is 0.392 e. The van der Waals surface area contributed by atoms with Crippen LogP contribution >= 0.6 is 0 Å². The SMILES string of the molecule is CC(C)=CCCC(C)(O)CCCC(C)(O)CCCC(C)(O)CCCC(C)(O)CCCC(C)(O)CCCC(C)(O)C(O)CC/C(C)=C/CC/C(C)=C/CO. The Hall–Kier alpha value is -1.10. The molecule has 53 heavy (non-hydrogen) atoms. The van der Waals surface area contributed by atoms with E-state index in [9.17, 15) is 35.7 Å². The Morgan fingerprint density at radius 2 is 0.792 bits per heavy atom. The molecule has 0 aliphatic carbocycles. The van der Waals surface area contributed by atoms with Gasteiger partial charge in [0.2, 0.25) is 0 Å². The first-order valence-corrected chi connectivity index (χ1v) is 20.8. The number of hydrogen-bond donors (Lipinski definition) is 8. The van der Waals surface area contributed by atoms with Crippen molar-refractivity contribution < 1.29 is 40.9 Å². The van der Waals surface area contributed by atoms with Crippen LogP contribution in [0.5, 0.6) is 0 Å². The molecule has 0 aliphatic heterocycles. The van der Waals surface area contributed by atoms with Crippen LogP contribution in [0.2, 0.25) is 0 Å². The van der Waals surface area contributed by atoms with Gasteiger partial charge >= 0.3 is 0 Å². The van der Waals surface area contributed by atoms with Gasteiger partial charge in [-0.3, -0.25) is 0 Å². The summed E-state index contributed by atoms with van der Waals surface area (Å²) >= 11 is 0. The van der Waals surface area contributed by atoms with E-state index in [4.69, 9.17) is 5.11 Å². The molecule has 0 aromatic carbocycles. The van der Waals surface area contributed by atoms with Crippen molar-refractivity contribution in [2.75, 3.05) is 6.61 Å². The first-order chi connectivity index (χ1) is 24.2. The third kappa shape index (κ3) is 28.0. The topological polar surface area (TPSA) is 162 Å². The summed E-state index contributed by atoms with van der Waals surface area (Å²) in [7, 11) is 0. The van der Waals surface area contributed by atoms with Crippen LogP contribution in [0.1, 0.15) is 204 Å². The smallest absolute Gasteiger partial charge is 0.0877 e. The molecule has 314 valence electrons. The summed E-state index contributed by atoms with van der Waals surface area (Å²) in [5.41, 5.74) is -1.97. The Labute approximate surface area is 325 Å². The molecule has 0 amide bonds. The molecule has 0 aliphatic rings. The fraction of sp³-hybridized carbons (Fsp3) is 0.867. The molecule has 0 fully saturated rings. The molecule has 0 heterocycles. The molecule has 8 heteroatoms. The van der Waals surface area contributed by atoms with E-state index in [1.165, 1.54) is 11.1 Å². The molecule has 0 radical (unpaired) electrons. The Balaban J connectivity index is 4.45. The fourth-order valence-electron chi connectivity index (χ4n) is 7.27. The molecule has 0 spiro atoms. The summed E-state index contributed by atoms with van der Waals surface area (Å²) in [6.45, 7) is 19.0. The van der Waals surface area contributed by atoms with Gasteiger partial charge in [-0.1, -0.05) is 34.9 Å². The average molecular weight is 755 g/mol. The third-order valence-corrected chi connectivity index (χ3v) is 11.4. The predicted octanol–water partition coefficient (Wildman–Crippen LogP) is 8.90. The zero-order valence-electron chi connectivity index (χ0n) is 35.9. The summed E-state index contributed by atoms with van der Waals surface area (Å²) in [5.74, 6) is 0. The van der Waals surface area contributed by atoms with Crippen LogP contribution in [-0.4, -0.2) is 87.2 Å². The maximum absolute atomic E-state index is 11.0. The van der Waals surface area contributed by atoms with Crippen molar-refractivity contribution in [2.45, 2.75) is 244 Å². The lowest BCUT2D eigenvalue weighted by molar-refractivity contribution is -0.0746. The van der Waals surface area contributed by atoms with Gasteiger partial charge in [0.15, 0.2) is 0 Å². The molecule has 0 bridgehead atoms. The van der Waals surface area contributed by atoms with Gasteiger partial charge in [0.05, 0.1) is 46.3 Å². The molecular formula is C45H86O8. The molecule has 0 rings (SSSR count). The highest BCUT2D eigenvalue weighted by Crippen LogP contribution is 2.32. The van der Waals surface area contributed by atoms with E-state index in [0.29, 0.717) is 109 Å². The highest BCUT2D eigenvalue weighted by atomic mass is 16.3.